The number of nitrogens with one attached hydrogen (secondary N) is 1. The van der Waals surface area contributed by atoms with E-state index in [9.17, 15) is 0 Å². The maximum absolute atomic E-state index is 6.24. The van der Waals surface area contributed by atoms with Gasteiger partial charge < -0.3 is 9.88 Å². The maximum atomic E-state index is 6.24. The highest BCUT2D eigenvalue weighted by Gasteiger charge is 2.28. The van der Waals surface area contributed by atoms with Crippen molar-refractivity contribution in [3.8, 4) is 0 Å². The highest BCUT2D eigenvalue weighted by Crippen LogP contribution is 2.31. The van der Waals surface area contributed by atoms with Gasteiger partial charge in [-0.3, -0.25) is 0 Å². The molecule has 1 saturated heterocycles. The lowest BCUT2D eigenvalue weighted by Crippen LogP contribution is -2.13. The van der Waals surface area contributed by atoms with Crippen LogP contribution in [0.2, 0.25) is 5.02 Å². The first kappa shape index (κ1) is 11.1. The molecule has 0 radical (unpaired) electrons. The van der Waals surface area contributed by atoms with Crippen molar-refractivity contribution in [2.75, 3.05) is 13.1 Å². The third kappa shape index (κ3) is 1.65. The lowest BCUT2D eigenvalue weighted by atomic mass is 9.97. The summed E-state index contributed by atoms with van der Waals surface area (Å²) in [6.45, 7) is 4.35. The van der Waals surface area contributed by atoms with Crippen LogP contribution in [-0.4, -0.2) is 22.6 Å². The molecule has 1 aromatic heterocycles. The number of fused-ring (bicyclic) bond motifs is 1. The predicted molar refractivity (Wildman–Crippen MR) is 70.5 cm³/mol. The molecular formula is C13H16ClN3. The molecule has 2 unspecified atom stereocenters. The first-order chi connectivity index (χ1) is 8.18. The maximum Gasteiger partial charge on any atom is 0.114 e. The zero-order chi connectivity index (χ0) is 12.0. The molecular weight excluding hydrogens is 234 g/mol. The van der Waals surface area contributed by atoms with Crippen molar-refractivity contribution in [3.63, 3.8) is 0 Å². The van der Waals surface area contributed by atoms with Gasteiger partial charge in [-0.2, -0.15) is 0 Å². The van der Waals surface area contributed by atoms with Gasteiger partial charge in [-0.1, -0.05) is 24.6 Å². The molecule has 0 amide bonds. The fraction of sp³-hybridized carbons (Fsp3) is 0.462. The minimum Gasteiger partial charge on any atom is -0.330 e. The minimum absolute atomic E-state index is 0.489. The number of aromatic nitrogens is 2. The van der Waals surface area contributed by atoms with Crippen LogP contribution >= 0.6 is 11.6 Å². The van der Waals surface area contributed by atoms with E-state index in [0.717, 1.165) is 35.0 Å². The zero-order valence-corrected chi connectivity index (χ0v) is 10.8. The fourth-order valence-corrected chi connectivity index (χ4v) is 3.02. The highest BCUT2D eigenvalue weighted by atomic mass is 35.5. The van der Waals surface area contributed by atoms with Gasteiger partial charge in [0.2, 0.25) is 0 Å². The van der Waals surface area contributed by atoms with Gasteiger partial charge in [-0.05, 0) is 24.6 Å². The van der Waals surface area contributed by atoms with Crippen molar-refractivity contribution in [3.05, 3.63) is 29.0 Å². The Balaban J connectivity index is 2.18. The van der Waals surface area contributed by atoms with E-state index in [2.05, 4.69) is 23.9 Å². The van der Waals surface area contributed by atoms with Crippen molar-refractivity contribution in [1.29, 1.82) is 0 Å². The van der Waals surface area contributed by atoms with E-state index in [4.69, 9.17) is 16.6 Å². The second-order valence-corrected chi connectivity index (χ2v) is 5.29. The van der Waals surface area contributed by atoms with Crippen molar-refractivity contribution >= 4 is 22.6 Å². The number of benzene rings is 1. The first-order valence-electron chi connectivity index (χ1n) is 6.00. The van der Waals surface area contributed by atoms with E-state index >= 15 is 0 Å². The van der Waals surface area contributed by atoms with Crippen LogP contribution in [0.4, 0.5) is 0 Å². The lowest BCUT2D eigenvalue weighted by Gasteiger charge is -2.13. The fourth-order valence-electron chi connectivity index (χ4n) is 2.73. The number of imidazole rings is 1. The SMILES string of the molecule is CC1CNCC1c1nc2cccc(Cl)c2n1C. The lowest BCUT2D eigenvalue weighted by molar-refractivity contribution is 0.533. The molecule has 1 N–H and O–H groups in total. The van der Waals surface area contributed by atoms with E-state index < -0.39 is 0 Å². The van der Waals surface area contributed by atoms with Gasteiger partial charge in [0.25, 0.3) is 0 Å². The van der Waals surface area contributed by atoms with Crippen LogP contribution in [0.15, 0.2) is 18.2 Å². The second-order valence-electron chi connectivity index (χ2n) is 4.88. The summed E-state index contributed by atoms with van der Waals surface area (Å²) < 4.78 is 2.14. The van der Waals surface area contributed by atoms with Gasteiger partial charge in [0, 0.05) is 19.5 Å². The van der Waals surface area contributed by atoms with Crippen LogP contribution < -0.4 is 5.32 Å². The molecule has 1 aromatic carbocycles. The van der Waals surface area contributed by atoms with Gasteiger partial charge in [0.15, 0.2) is 0 Å². The smallest absolute Gasteiger partial charge is 0.114 e. The average Bonchev–Trinajstić information content (AvgIpc) is 2.84. The summed E-state index contributed by atoms with van der Waals surface area (Å²) in [5.41, 5.74) is 2.04. The van der Waals surface area contributed by atoms with Crippen LogP contribution in [0, 0.1) is 5.92 Å². The molecule has 2 aromatic rings. The topological polar surface area (TPSA) is 29.9 Å². The Morgan fingerprint density at radius 3 is 2.88 bits per heavy atom. The van der Waals surface area contributed by atoms with Crippen LogP contribution in [-0.2, 0) is 7.05 Å². The molecule has 3 rings (SSSR count). The molecule has 2 atom stereocenters. The monoisotopic (exact) mass is 249 g/mol. The van der Waals surface area contributed by atoms with Gasteiger partial charge >= 0.3 is 0 Å². The molecule has 4 heteroatoms. The van der Waals surface area contributed by atoms with Crippen LogP contribution in [0.3, 0.4) is 0 Å². The van der Waals surface area contributed by atoms with Crippen molar-refractivity contribution in [1.82, 2.24) is 14.9 Å². The number of hydrogen-bond acceptors (Lipinski definition) is 2. The summed E-state index contributed by atoms with van der Waals surface area (Å²) in [4.78, 5) is 4.74. The van der Waals surface area contributed by atoms with Gasteiger partial charge in [0.1, 0.15) is 5.82 Å². The Kier molecular flexibility index (Phi) is 2.60. The molecule has 0 saturated carbocycles. The van der Waals surface area contributed by atoms with Gasteiger partial charge in [-0.25, -0.2) is 4.98 Å². The van der Waals surface area contributed by atoms with Crippen LogP contribution in [0.25, 0.3) is 11.0 Å². The van der Waals surface area contributed by atoms with Crippen molar-refractivity contribution < 1.29 is 0 Å². The van der Waals surface area contributed by atoms with Crippen molar-refractivity contribution in [2.45, 2.75) is 12.8 Å². The van der Waals surface area contributed by atoms with Crippen molar-refractivity contribution in [2.24, 2.45) is 13.0 Å². The molecule has 0 bridgehead atoms. The largest absolute Gasteiger partial charge is 0.330 e. The summed E-state index contributed by atoms with van der Waals surface area (Å²) in [6, 6.07) is 5.90. The van der Waals surface area contributed by atoms with E-state index in [1.165, 1.54) is 0 Å². The summed E-state index contributed by atoms with van der Waals surface area (Å²) in [7, 11) is 2.06. The molecule has 1 fully saturated rings. The van der Waals surface area contributed by atoms with E-state index in [-0.39, 0.29) is 0 Å². The Morgan fingerprint density at radius 2 is 2.24 bits per heavy atom. The normalized spacial score (nSPS) is 24.6. The van der Waals surface area contributed by atoms with Gasteiger partial charge in [0.05, 0.1) is 16.1 Å². The van der Waals surface area contributed by atoms with E-state index in [1.54, 1.807) is 0 Å². The third-order valence-corrected chi connectivity index (χ3v) is 4.03. The molecule has 90 valence electrons. The Bertz CT molecular complexity index is 561. The zero-order valence-electron chi connectivity index (χ0n) is 10.1. The molecule has 3 nitrogen and oxygen atoms in total. The number of para-hydroxylation sites is 1. The number of aryl methyl sites for hydroxylation is 1. The number of rotatable bonds is 1. The first-order valence-corrected chi connectivity index (χ1v) is 6.38. The number of hydrogen-bond donors (Lipinski definition) is 1. The van der Waals surface area contributed by atoms with Crippen LogP contribution in [0.5, 0.6) is 0 Å². The summed E-state index contributed by atoms with van der Waals surface area (Å²) in [6.07, 6.45) is 0. The predicted octanol–water partition coefficient (Wildman–Crippen LogP) is 2.55. The Morgan fingerprint density at radius 1 is 1.41 bits per heavy atom. The number of nitrogens with zero attached hydrogens (tertiary/aromatic N) is 2. The highest BCUT2D eigenvalue weighted by molar-refractivity contribution is 6.35. The summed E-state index contributed by atoms with van der Waals surface area (Å²) in [5, 5.41) is 4.20. The second kappa shape index (κ2) is 4.00. The summed E-state index contributed by atoms with van der Waals surface area (Å²) >= 11 is 6.24. The van der Waals surface area contributed by atoms with E-state index in [0.29, 0.717) is 11.8 Å². The van der Waals surface area contributed by atoms with E-state index in [1.807, 2.05) is 18.2 Å². The molecule has 1 aliphatic rings. The summed E-state index contributed by atoms with van der Waals surface area (Å²) in [5.74, 6) is 2.26. The molecule has 17 heavy (non-hydrogen) atoms. The van der Waals surface area contributed by atoms with Crippen LogP contribution in [0.1, 0.15) is 18.7 Å². The quantitative estimate of drug-likeness (QED) is 0.842. The standard InChI is InChI=1S/C13H16ClN3/c1-8-6-15-7-9(8)13-16-11-5-3-4-10(14)12(11)17(13)2/h3-5,8-9,15H,6-7H2,1-2H3. The average molecular weight is 250 g/mol. The number of halogens is 1. The molecule has 0 aliphatic carbocycles. The van der Waals surface area contributed by atoms with Gasteiger partial charge in [-0.15, -0.1) is 0 Å². The molecule has 2 heterocycles. The molecule has 1 aliphatic heterocycles. The Hall–Kier alpha value is -1.06. The molecule has 0 spiro atoms. The Labute approximate surface area is 106 Å². The minimum atomic E-state index is 0.489. The third-order valence-electron chi connectivity index (χ3n) is 3.73.